The third-order valence-corrected chi connectivity index (χ3v) is 8.54. The molecule has 0 aliphatic carbocycles. The Bertz CT molecular complexity index is 1490. The summed E-state index contributed by atoms with van der Waals surface area (Å²) in [5, 5.41) is 14.7. The summed E-state index contributed by atoms with van der Waals surface area (Å²) in [6.07, 6.45) is 0.237. The van der Waals surface area contributed by atoms with E-state index in [4.69, 9.17) is 23.2 Å². The summed E-state index contributed by atoms with van der Waals surface area (Å²) in [7, 11) is -4.35. The van der Waals surface area contributed by atoms with E-state index in [1.165, 1.54) is 47.4 Å². The number of likely N-dealkylation sites (N-methyl/N-ethyl adjacent to an activating group) is 1. The highest BCUT2D eigenvalue weighted by molar-refractivity contribution is 7.92. The van der Waals surface area contributed by atoms with E-state index in [1.54, 1.807) is 38.1 Å². The van der Waals surface area contributed by atoms with E-state index in [9.17, 15) is 28.1 Å². The molecule has 0 heterocycles. The van der Waals surface area contributed by atoms with Gasteiger partial charge in [0.05, 0.1) is 25.6 Å². The average molecular weight is 608 g/mol. The highest BCUT2D eigenvalue weighted by Gasteiger charge is 2.34. The normalized spacial score (nSPS) is 11.9. The number of nitrogens with zero attached hydrogens (tertiary/aromatic N) is 3. The van der Waals surface area contributed by atoms with Gasteiger partial charge in [-0.05, 0) is 49.2 Å². The van der Waals surface area contributed by atoms with E-state index in [0.717, 1.165) is 10.4 Å². The molecule has 3 rings (SSSR count). The summed E-state index contributed by atoms with van der Waals surface area (Å²) in [5.74, 6) is -1.11. The second-order valence-electron chi connectivity index (χ2n) is 8.69. The van der Waals surface area contributed by atoms with Gasteiger partial charge in [0, 0.05) is 25.2 Å². The van der Waals surface area contributed by atoms with Crippen LogP contribution in [-0.4, -0.2) is 49.2 Å². The first-order valence-electron chi connectivity index (χ1n) is 12.3. The first-order chi connectivity index (χ1) is 19.0. The molecule has 2 amide bonds. The standard InChI is InChI=1S/C27H28Cl2N4O6S/c1-3-25(27(35)30-4-2)31(17-19-13-14-23(28)24(29)15-19)26(34)18-32(20-9-8-10-21(16-20)33(36)37)40(38,39)22-11-6-5-7-12-22/h5-16,25H,3-4,17-18H2,1-2H3,(H,30,35)/t25-/m0/s1. The van der Waals surface area contributed by atoms with Gasteiger partial charge in [0.15, 0.2) is 0 Å². The van der Waals surface area contributed by atoms with Gasteiger partial charge in [-0.25, -0.2) is 8.42 Å². The van der Waals surface area contributed by atoms with E-state index < -0.39 is 39.3 Å². The highest BCUT2D eigenvalue weighted by Crippen LogP contribution is 2.28. The largest absolute Gasteiger partial charge is 0.355 e. The Morgan fingerprint density at radius 1 is 0.975 bits per heavy atom. The predicted octanol–water partition coefficient (Wildman–Crippen LogP) is 5.04. The van der Waals surface area contributed by atoms with Crippen LogP contribution in [0, 0.1) is 10.1 Å². The number of benzene rings is 3. The lowest BCUT2D eigenvalue weighted by Crippen LogP contribution is -2.52. The Labute approximate surface area is 242 Å². The molecule has 0 radical (unpaired) electrons. The van der Waals surface area contributed by atoms with Gasteiger partial charge in [-0.2, -0.15) is 0 Å². The average Bonchev–Trinajstić information content (AvgIpc) is 2.94. The molecule has 0 saturated carbocycles. The van der Waals surface area contributed by atoms with Gasteiger partial charge in [0.25, 0.3) is 15.7 Å². The summed E-state index contributed by atoms with van der Waals surface area (Å²) in [4.78, 5) is 38.9. The number of carbonyl (C=O) groups excluding carboxylic acids is 2. The number of hydrogen-bond acceptors (Lipinski definition) is 6. The van der Waals surface area contributed by atoms with Gasteiger partial charge in [0.2, 0.25) is 11.8 Å². The molecule has 0 aliphatic heterocycles. The van der Waals surface area contributed by atoms with Crippen LogP contribution < -0.4 is 9.62 Å². The fourth-order valence-corrected chi connectivity index (χ4v) is 5.80. The van der Waals surface area contributed by atoms with Crippen LogP contribution in [0.5, 0.6) is 0 Å². The molecule has 0 spiro atoms. The third kappa shape index (κ3) is 7.29. The zero-order valence-corrected chi connectivity index (χ0v) is 24.1. The molecule has 0 fully saturated rings. The van der Waals surface area contributed by atoms with Crippen LogP contribution in [0.1, 0.15) is 25.8 Å². The summed E-state index contributed by atoms with van der Waals surface area (Å²) in [6.45, 7) is 3.00. The maximum atomic E-state index is 13.9. The number of halogens is 2. The second kappa shape index (κ2) is 13.6. The molecular formula is C27H28Cl2N4O6S. The van der Waals surface area contributed by atoms with Crippen LogP contribution >= 0.6 is 23.2 Å². The lowest BCUT2D eigenvalue weighted by atomic mass is 10.1. The molecule has 3 aromatic carbocycles. The van der Waals surface area contributed by atoms with Gasteiger partial charge in [-0.1, -0.05) is 60.5 Å². The number of nitrogens with one attached hydrogen (secondary N) is 1. The molecule has 0 aliphatic rings. The maximum absolute atomic E-state index is 13.9. The Morgan fingerprint density at radius 3 is 2.27 bits per heavy atom. The van der Waals surface area contributed by atoms with Gasteiger partial charge in [-0.3, -0.25) is 24.0 Å². The van der Waals surface area contributed by atoms with Crippen molar-refractivity contribution in [1.29, 1.82) is 0 Å². The molecule has 10 nitrogen and oxygen atoms in total. The van der Waals surface area contributed by atoms with E-state index in [1.807, 2.05) is 0 Å². The van der Waals surface area contributed by atoms with Crippen molar-refractivity contribution in [2.45, 2.75) is 37.8 Å². The van der Waals surface area contributed by atoms with Crippen molar-refractivity contribution in [2.75, 3.05) is 17.4 Å². The lowest BCUT2D eigenvalue weighted by molar-refractivity contribution is -0.384. The van der Waals surface area contributed by atoms with Crippen molar-refractivity contribution in [3.8, 4) is 0 Å². The number of nitro groups is 1. The summed E-state index contributed by atoms with van der Waals surface area (Å²) in [5.41, 5.74) is 0.143. The van der Waals surface area contributed by atoms with Crippen molar-refractivity contribution in [2.24, 2.45) is 0 Å². The first kappa shape index (κ1) is 30.9. The Morgan fingerprint density at radius 2 is 1.68 bits per heavy atom. The van der Waals surface area contributed by atoms with Crippen molar-refractivity contribution in [3.63, 3.8) is 0 Å². The number of anilines is 1. The van der Waals surface area contributed by atoms with E-state index in [2.05, 4.69) is 5.32 Å². The maximum Gasteiger partial charge on any atom is 0.271 e. The van der Waals surface area contributed by atoms with Gasteiger partial charge >= 0.3 is 0 Å². The van der Waals surface area contributed by atoms with Crippen molar-refractivity contribution in [1.82, 2.24) is 10.2 Å². The SMILES string of the molecule is CCNC(=O)[C@H](CC)N(Cc1ccc(Cl)c(Cl)c1)C(=O)CN(c1cccc([N+](=O)[O-])c1)S(=O)(=O)c1ccccc1. The van der Waals surface area contributed by atoms with Gasteiger partial charge in [0.1, 0.15) is 12.6 Å². The predicted molar refractivity (Wildman–Crippen MR) is 154 cm³/mol. The minimum atomic E-state index is -4.35. The number of carbonyl (C=O) groups is 2. The van der Waals surface area contributed by atoms with E-state index in [-0.39, 0.29) is 34.3 Å². The molecule has 1 atom stereocenters. The van der Waals surface area contributed by atoms with E-state index in [0.29, 0.717) is 17.1 Å². The Hall–Kier alpha value is -3.67. The van der Waals surface area contributed by atoms with Crippen LogP contribution in [0.15, 0.2) is 77.7 Å². The van der Waals surface area contributed by atoms with Crippen LogP contribution in [0.2, 0.25) is 10.0 Å². The summed E-state index contributed by atoms with van der Waals surface area (Å²) < 4.78 is 28.3. The molecule has 1 N–H and O–H groups in total. The van der Waals surface area contributed by atoms with Crippen molar-refractivity contribution in [3.05, 3.63) is 98.5 Å². The minimum Gasteiger partial charge on any atom is -0.355 e. The number of amides is 2. The van der Waals surface area contributed by atoms with Gasteiger partial charge < -0.3 is 10.2 Å². The molecule has 0 unspecified atom stereocenters. The van der Waals surface area contributed by atoms with Crippen LogP contribution in [0.4, 0.5) is 11.4 Å². The highest BCUT2D eigenvalue weighted by atomic mass is 35.5. The van der Waals surface area contributed by atoms with Crippen LogP contribution in [0.25, 0.3) is 0 Å². The molecule has 0 saturated heterocycles. The number of hydrogen-bond donors (Lipinski definition) is 1. The van der Waals surface area contributed by atoms with E-state index >= 15 is 0 Å². The zero-order chi connectivity index (χ0) is 29.4. The third-order valence-electron chi connectivity index (χ3n) is 6.01. The molecular weight excluding hydrogens is 579 g/mol. The van der Waals surface area contributed by atoms with Crippen LogP contribution in [-0.2, 0) is 26.2 Å². The monoisotopic (exact) mass is 606 g/mol. The topological polar surface area (TPSA) is 130 Å². The molecule has 40 heavy (non-hydrogen) atoms. The summed E-state index contributed by atoms with van der Waals surface area (Å²) >= 11 is 12.2. The first-order valence-corrected chi connectivity index (χ1v) is 14.5. The molecule has 0 aromatic heterocycles. The quantitative estimate of drug-likeness (QED) is 0.227. The number of nitro benzene ring substituents is 1. The van der Waals surface area contributed by atoms with Gasteiger partial charge in [-0.15, -0.1) is 0 Å². The fourth-order valence-electron chi connectivity index (χ4n) is 4.06. The smallest absolute Gasteiger partial charge is 0.271 e. The van der Waals surface area contributed by atoms with Crippen molar-refractivity contribution < 1.29 is 22.9 Å². The number of non-ortho nitro benzene ring substituents is 1. The molecule has 212 valence electrons. The minimum absolute atomic E-state index is 0.0699. The molecule has 0 bridgehead atoms. The van der Waals surface area contributed by atoms with Crippen LogP contribution in [0.3, 0.4) is 0 Å². The zero-order valence-electron chi connectivity index (χ0n) is 21.8. The molecule has 3 aromatic rings. The lowest BCUT2D eigenvalue weighted by Gasteiger charge is -2.33. The number of sulfonamides is 1. The Balaban J connectivity index is 2.10. The Kier molecular flexibility index (Phi) is 10.5. The second-order valence-corrected chi connectivity index (χ2v) is 11.4. The van der Waals surface area contributed by atoms with Crippen molar-refractivity contribution >= 4 is 56.4 Å². The summed E-state index contributed by atoms with van der Waals surface area (Å²) in [6, 6.07) is 16.3. The molecule has 13 heteroatoms. The fraction of sp³-hybridized carbons (Fsp3) is 0.259. The number of rotatable bonds is 12.